The van der Waals surface area contributed by atoms with Crippen molar-refractivity contribution in [3.05, 3.63) is 22.7 Å². The molecule has 0 aromatic heterocycles. The molecule has 0 unspecified atom stereocenters. The van der Waals surface area contributed by atoms with E-state index in [4.69, 9.17) is 0 Å². The van der Waals surface area contributed by atoms with Gasteiger partial charge in [0, 0.05) is 17.6 Å². The number of nitrogens with one attached hydrogen (secondary N) is 2. The Balaban J connectivity index is 2.17. The van der Waals surface area contributed by atoms with Gasteiger partial charge < -0.3 is 15.4 Å². The molecule has 1 aromatic rings. The zero-order chi connectivity index (χ0) is 12.5. The fourth-order valence-electron chi connectivity index (χ4n) is 1.44. The summed E-state index contributed by atoms with van der Waals surface area (Å²) in [6.45, 7) is 1.48. The normalized spacial score (nSPS) is 16.5. The monoisotopic (exact) mass is 310 g/mol. The van der Waals surface area contributed by atoms with Crippen LogP contribution in [0, 0.1) is 0 Å². The van der Waals surface area contributed by atoms with Gasteiger partial charge in [0.15, 0.2) is 5.75 Å². The molecular formula is C10H10BrF3N2O. The first kappa shape index (κ1) is 12.5. The molecule has 1 aliphatic heterocycles. The molecular weight excluding hydrogens is 301 g/mol. The van der Waals surface area contributed by atoms with Crippen LogP contribution >= 0.6 is 15.9 Å². The number of ether oxygens (including phenoxy) is 1. The minimum atomic E-state index is -4.69. The predicted octanol–water partition coefficient (Wildman–Crippen LogP) is 2.73. The van der Waals surface area contributed by atoms with Gasteiger partial charge in [-0.3, -0.25) is 0 Å². The van der Waals surface area contributed by atoms with Crippen molar-refractivity contribution in [2.45, 2.75) is 12.4 Å². The zero-order valence-electron chi connectivity index (χ0n) is 8.64. The number of anilines is 1. The third kappa shape index (κ3) is 3.50. The van der Waals surface area contributed by atoms with Crippen molar-refractivity contribution in [2.24, 2.45) is 0 Å². The second kappa shape index (κ2) is 4.73. The molecule has 0 aliphatic carbocycles. The fourth-order valence-corrected chi connectivity index (χ4v) is 1.78. The quantitative estimate of drug-likeness (QED) is 0.900. The maximum absolute atomic E-state index is 12.2. The average molecular weight is 311 g/mol. The van der Waals surface area contributed by atoms with Crippen LogP contribution in [0.2, 0.25) is 0 Å². The standard InChI is InChI=1S/C10H10BrF3N2O/c11-6-1-2-8(16-7-4-15-5-7)9(3-6)17-10(12,13)14/h1-3,7,15-16H,4-5H2. The van der Waals surface area contributed by atoms with Crippen LogP contribution in [0.3, 0.4) is 0 Å². The van der Waals surface area contributed by atoms with Crippen molar-refractivity contribution in [2.75, 3.05) is 18.4 Å². The maximum atomic E-state index is 12.2. The minimum Gasteiger partial charge on any atom is -0.404 e. The van der Waals surface area contributed by atoms with Crippen LogP contribution in [0.25, 0.3) is 0 Å². The average Bonchev–Trinajstić information content (AvgIpc) is 2.11. The van der Waals surface area contributed by atoms with Crippen LogP contribution in [0.1, 0.15) is 0 Å². The first-order valence-electron chi connectivity index (χ1n) is 4.96. The number of hydrogen-bond donors (Lipinski definition) is 2. The SMILES string of the molecule is FC(F)(F)Oc1cc(Br)ccc1NC1CNC1. The van der Waals surface area contributed by atoms with Crippen molar-refractivity contribution >= 4 is 21.6 Å². The van der Waals surface area contributed by atoms with E-state index in [2.05, 4.69) is 31.3 Å². The fraction of sp³-hybridized carbons (Fsp3) is 0.400. The van der Waals surface area contributed by atoms with E-state index in [1.807, 2.05) is 0 Å². The Morgan fingerprint density at radius 3 is 2.59 bits per heavy atom. The van der Waals surface area contributed by atoms with E-state index < -0.39 is 6.36 Å². The summed E-state index contributed by atoms with van der Waals surface area (Å²) in [7, 11) is 0. The zero-order valence-corrected chi connectivity index (χ0v) is 10.2. The van der Waals surface area contributed by atoms with Crippen molar-refractivity contribution in [1.82, 2.24) is 5.32 Å². The molecule has 2 N–H and O–H groups in total. The molecule has 3 nitrogen and oxygen atoms in total. The summed E-state index contributed by atoms with van der Waals surface area (Å²) in [6, 6.07) is 4.66. The highest BCUT2D eigenvalue weighted by molar-refractivity contribution is 9.10. The molecule has 94 valence electrons. The summed E-state index contributed by atoms with van der Waals surface area (Å²) in [4.78, 5) is 0. The van der Waals surface area contributed by atoms with Crippen LogP contribution in [0.4, 0.5) is 18.9 Å². The second-order valence-corrected chi connectivity index (χ2v) is 4.60. The van der Waals surface area contributed by atoms with E-state index in [9.17, 15) is 13.2 Å². The van der Waals surface area contributed by atoms with Crippen molar-refractivity contribution in [1.29, 1.82) is 0 Å². The van der Waals surface area contributed by atoms with Crippen LogP contribution in [0.5, 0.6) is 5.75 Å². The molecule has 0 radical (unpaired) electrons. The summed E-state index contributed by atoms with van der Waals surface area (Å²) in [5.74, 6) is -0.223. The molecule has 1 aliphatic rings. The largest absolute Gasteiger partial charge is 0.573 e. The number of alkyl halides is 3. The van der Waals surface area contributed by atoms with Gasteiger partial charge in [0.05, 0.1) is 11.7 Å². The summed E-state index contributed by atoms with van der Waals surface area (Å²) >= 11 is 3.11. The predicted molar refractivity (Wildman–Crippen MR) is 61.1 cm³/mol. The van der Waals surface area contributed by atoms with Crippen LogP contribution in [-0.4, -0.2) is 25.5 Å². The first-order valence-corrected chi connectivity index (χ1v) is 5.76. The molecule has 0 saturated carbocycles. The van der Waals surface area contributed by atoms with Crippen LogP contribution in [0.15, 0.2) is 22.7 Å². The molecule has 1 fully saturated rings. The lowest BCUT2D eigenvalue weighted by atomic mass is 10.1. The summed E-state index contributed by atoms with van der Waals surface area (Å²) in [5.41, 5.74) is 0.344. The molecule has 1 saturated heterocycles. The topological polar surface area (TPSA) is 33.3 Å². The van der Waals surface area contributed by atoms with Gasteiger partial charge in [-0.25, -0.2) is 0 Å². The lowest BCUT2D eigenvalue weighted by Crippen LogP contribution is -2.51. The summed E-state index contributed by atoms with van der Waals surface area (Å²) in [5, 5.41) is 6.01. The lowest BCUT2D eigenvalue weighted by Gasteiger charge is -2.29. The molecule has 7 heteroatoms. The molecule has 2 rings (SSSR count). The van der Waals surface area contributed by atoms with E-state index in [1.54, 1.807) is 12.1 Å². The first-order chi connectivity index (χ1) is 7.94. The van der Waals surface area contributed by atoms with Gasteiger partial charge in [-0.1, -0.05) is 15.9 Å². The van der Waals surface area contributed by atoms with Gasteiger partial charge >= 0.3 is 6.36 Å². The van der Waals surface area contributed by atoms with Gasteiger partial charge in [0.25, 0.3) is 0 Å². The third-order valence-corrected chi connectivity index (χ3v) is 2.80. The highest BCUT2D eigenvalue weighted by Gasteiger charge is 2.32. The van der Waals surface area contributed by atoms with Gasteiger partial charge in [0.1, 0.15) is 0 Å². The Hall–Kier alpha value is -0.950. The Morgan fingerprint density at radius 2 is 2.06 bits per heavy atom. The summed E-state index contributed by atoms with van der Waals surface area (Å²) < 4.78 is 41.1. The molecule has 1 heterocycles. The van der Waals surface area contributed by atoms with Gasteiger partial charge in [-0.05, 0) is 18.2 Å². The summed E-state index contributed by atoms with van der Waals surface area (Å²) in [6.07, 6.45) is -4.69. The van der Waals surface area contributed by atoms with E-state index in [0.29, 0.717) is 10.2 Å². The Labute approximate surface area is 104 Å². The third-order valence-electron chi connectivity index (χ3n) is 2.31. The lowest BCUT2D eigenvalue weighted by molar-refractivity contribution is -0.274. The van der Waals surface area contributed by atoms with E-state index in [-0.39, 0.29) is 11.8 Å². The molecule has 17 heavy (non-hydrogen) atoms. The van der Waals surface area contributed by atoms with Gasteiger partial charge in [-0.15, -0.1) is 13.2 Å². The van der Waals surface area contributed by atoms with Crippen LogP contribution < -0.4 is 15.4 Å². The highest BCUT2D eigenvalue weighted by Crippen LogP contribution is 2.33. The van der Waals surface area contributed by atoms with Crippen molar-refractivity contribution < 1.29 is 17.9 Å². The molecule has 0 spiro atoms. The molecule has 0 bridgehead atoms. The maximum Gasteiger partial charge on any atom is 0.573 e. The van der Waals surface area contributed by atoms with Gasteiger partial charge in [0.2, 0.25) is 0 Å². The van der Waals surface area contributed by atoms with Gasteiger partial charge in [-0.2, -0.15) is 0 Å². The molecule has 0 amide bonds. The van der Waals surface area contributed by atoms with E-state index in [1.165, 1.54) is 6.07 Å². The Kier molecular flexibility index (Phi) is 3.48. The van der Waals surface area contributed by atoms with E-state index in [0.717, 1.165) is 13.1 Å². The Morgan fingerprint density at radius 1 is 1.35 bits per heavy atom. The number of hydrogen-bond acceptors (Lipinski definition) is 3. The molecule has 0 atom stereocenters. The smallest absolute Gasteiger partial charge is 0.404 e. The minimum absolute atomic E-state index is 0.145. The van der Waals surface area contributed by atoms with Crippen molar-refractivity contribution in [3.8, 4) is 5.75 Å². The Bertz CT molecular complexity index is 407. The van der Waals surface area contributed by atoms with Crippen molar-refractivity contribution in [3.63, 3.8) is 0 Å². The second-order valence-electron chi connectivity index (χ2n) is 3.69. The number of rotatable bonds is 3. The number of halogens is 4. The molecule has 1 aromatic carbocycles. The van der Waals surface area contributed by atoms with Crippen LogP contribution in [-0.2, 0) is 0 Å². The number of benzene rings is 1. The highest BCUT2D eigenvalue weighted by atomic mass is 79.9. The van der Waals surface area contributed by atoms with E-state index >= 15 is 0 Å².